The van der Waals surface area contributed by atoms with Crippen LogP contribution in [0.3, 0.4) is 0 Å². The molecule has 0 bridgehead atoms. The Morgan fingerprint density at radius 2 is 1.95 bits per heavy atom. The maximum Gasteiger partial charge on any atom is 0.315 e. The highest BCUT2D eigenvalue weighted by Gasteiger charge is 2.32. The van der Waals surface area contributed by atoms with E-state index < -0.39 is 23.0 Å². The lowest BCUT2D eigenvalue weighted by Gasteiger charge is -2.15. The second-order valence-corrected chi connectivity index (χ2v) is 6.61. The van der Waals surface area contributed by atoms with Gasteiger partial charge in [0.1, 0.15) is 11.1 Å². The van der Waals surface area contributed by atoms with Gasteiger partial charge in [0.15, 0.2) is 16.8 Å². The van der Waals surface area contributed by atoms with Crippen molar-refractivity contribution in [3.8, 4) is 0 Å². The largest absolute Gasteiger partial charge is 0.481 e. The van der Waals surface area contributed by atoms with Crippen LogP contribution in [0.15, 0.2) is 22.0 Å². The molecule has 0 aliphatic carbocycles. The molecule has 2 aromatic rings. The number of aliphatic carboxylic acids is 1. The normalized spacial score (nSPS) is 11.5. The van der Waals surface area contributed by atoms with Crippen LogP contribution in [0.2, 0.25) is 0 Å². The zero-order valence-corrected chi connectivity index (χ0v) is 13.5. The number of rotatable bonds is 4. The fourth-order valence-corrected chi connectivity index (χ4v) is 2.78. The Morgan fingerprint density at radius 1 is 1.38 bits per heavy atom. The summed E-state index contributed by atoms with van der Waals surface area (Å²) in [6.45, 7) is 3.02. The van der Waals surface area contributed by atoms with Crippen LogP contribution in [0, 0.1) is 11.6 Å². The molecule has 1 heterocycles. The summed E-state index contributed by atoms with van der Waals surface area (Å²) < 4.78 is 27.7. The summed E-state index contributed by atoms with van der Waals surface area (Å²) >= 11 is 4.07. The number of carbonyl (C=O) groups is 1. The monoisotopic (exact) mass is 376 g/mol. The minimum Gasteiger partial charge on any atom is -0.481 e. The molecule has 0 saturated carbocycles. The van der Waals surface area contributed by atoms with Crippen molar-refractivity contribution in [2.24, 2.45) is 0 Å². The van der Waals surface area contributed by atoms with Crippen molar-refractivity contribution in [3.63, 3.8) is 0 Å². The number of hydrogen-bond acceptors (Lipinski definition) is 4. The van der Waals surface area contributed by atoms with Crippen LogP contribution >= 0.6 is 27.3 Å². The molecule has 8 heteroatoms. The van der Waals surface area contributed by atoms with Gasteiger partial charge in [-0.15, -0.1) is 11.3 Å². The summed E-state index contributed by atoms with van der Waals surface area (Å²) in [7, 11) is 0. The summed E-state index contributed by atoms with van der Waals surface area (Å²) in [6.07, 6.45) is 0. The molecule has 0 unspecified atom stereocenters. The van der Waals surface area contributed by atoms with E-state index in [1.165, 1.54) is 13.8 Å². The molecule has 0 spiro atoms. The van der Waals surface area contributed by atoms with E-state index in [4.69, 9.17) is 5.11 Å². The zero-order valence-electron chi connectivity index (χ0n) is 11.1. The second kappa shape index (κ2) is 5.69. The van der Waals surface area contributed by atoms with Gasteiger partial charge < -0.3 is 10.4 Å². The Hall–Kier alpha value is -1.54. The molecule has 2 rings (SSSR count). The van der Waals surface area contributed by atoms with E-state index in [1.807, 2.05) is 0 Å². The average Bonchev–Trinajstić information content (AvgIpc) is 2.82. The maximum atomic E-state index is 13.7. The molecule has 0 saturated heterocycles. The van der Waals surface area contributed by atoms with E-state index in [9.17, 15) is 13.6 Å². The van der Waals surface area contributed by atoms with Gasteiger partial charge in [-0.05, 0) is 26.0 Å². The summed E-state index contributed by atoms with van der Waals surface area (Å²) in [4.78, 5) is 15.2. The summed E-state index contributed by atoms with van der Waals surface area (Å²) in [5.74, 6) is -2.56. The number of halogens is 3. The molecule has 0 radical (unpaired) electrons. The Labute approximate surface area is 132 Å². The molecule has 4 nitrogen and oxygen atoms in total. The van der Waals surface area contributed by atoms with Gasteiger partial charge in [0.25, 0.3) is 0 Å². The summed E-state index contributed by atoms with van der Waals surface area (Å²) in [5.41, 5.74) is -1.18. The standard InChI is InChI=1S/C13H11BrF2N2O2S/c1-13(2,11(19)20)9-5-21-12(17-9)18-10-7(15)3-6(14)4-8(10)16/h3-5H,1-2H3,(H,17,18)(H,19,20). The van der Waals surface area contributed by atoms with Crippen molar-refractivity contribution >= 4 is 44.1 Å². The quantitative estimate of drug-likeness (QED) is 0.835. The van der Waals surface area contributed by atoms with E-state index >= 15 is 0 Å². The second-order valence-electron chi connectivity index (χ2n) is 4.84. The molecule has 0 aliphatic heterocycles. The van der Waals surface area contributed by atoms with Crippen molar-refractivity contribution in [2.45, 2.75) is 19.3 Å². The van der Waals surface area contributed by atoms with Gasteiger partial charge in [0, 0.05) is 9.85 Å². The molecule has 112 valence electrons. The lowest BCUT2D eigenvalue weighted by molar-refractivity contribution is -0.142. The van der Waals surface area contributed by atoms with Crippen LogP contribution in [0.1, 0.15) is 19.5 Å². The van der Waals surface area contributed by atoms with E-state index in [-0.39, 0.29) is 15.3 Å². The molecular formula is C13H11BrF2N2O2S. The molecule has 0 atom stereocenters. The number of nitrogens with zero attached hydrogens (tertiary/aromatic N) is 1. The van der Waals surface area contributed by atoms with Crippen molar-refractivity contribution < 1.29 is 18.7 Å². The van der Waals surface area contributed by atoms with Gasteiger partial charge in [0.2, 0.25) is 0 Å². The van der Waals surface area contributed by atoms with Crippen LogP contribution in [-0.4, -0.2) is 16.1 Å². The van der Waals surface area contributed by atoms with Crippen LogP contribution in [0.25, 0.3) is 0 Å². The highest BCUT2D eigenvalue weighted by Crippen LogP contribution is 2.31. The average molecular weight is 377 g/mol. The first kappa shape index (κ1) is 15.8. The van der Waals surface area contributed by atoms with Gasteiger partial charge >= 0.3 is 5.97 Å². The first-order valence-corrected chi connectivity index (χ1v) is 7.50. The van der Waals surface area contributed by atoms with Crippen molar-refractivity contribution in [1.82, 2.24) is 4.98 Å². The van der Waals surface area contributed by atoms with Gasteiger partial charge in [0.05, 0.1) is 5.69 Å². The number of thiazole rings is 1. The Kier molecular flexibility index (Phi) is 4.29. The van der Waals surface area contributed by atoms with Crippen molar-refractivity contribution in [2.75, 3.05) is 5.32 Å². The van der Waals surface area contributed by atoms with Gasteiger partial charge in [-0.25, -0.2) is 13.8 Å². The van der Waals surface area contributed by atoms with Crippen molar-refractivity contribution in [3.05, 3.63) is 39.3 Å². The molecule has 0 fully saturated rings. The number of hydrogen-bond donors (Lipinski definition) is 2. The molecular weight excluding hydrogens is 366 g/mol. The third kappa shape index (κ3) is 3.21. The van der Waals surface area contributed by atoms with E-state index in [2.05, 4.69) is 26.2 Å². The lowest BCUT2D eigenvalue weighted by Crippen LogP contribution is -2.28. The molecule has 0 amide bonds. The number of carboxylic acids is 1. The number of anilines is 2. The summed E-state index contributed by atoms with van der Waals surface area (Å²) in [5, 5.41) is 13.4. The van der Waals surface area contributed by atoms with Gasteiger partial charge in [-0.1, -0.05) is 15.9 Å². The lowest BCUT2D eigenvalue weighted by atomic mass is 9.90. The Morgan fingerprint density at radius 3 is 2.48 bits per heavy atom. The number of carboxylic acid groups (broad SMARTS) is 1. The topological polar surface area (TPSA) is 62.2 Å². The predicted molar refractivity (Wildman–Crippen MR) is 80.1 cm³/mol. The van der Waals surface area contributed by atoms with Crippen LogP contribution in [0.4, 0.5) is 19.6 Å². The van der Waals surface area contributed by atoms with E-state index in [1.54, 1.807) is 5.38 Å². The molecule has 21 heavy (non-hydrogen) atoms. The Balaban J connectivity index is 2.31. The molecule has 0 aliphatic rings. The Bertz CT molecular complexity index is 680. The highest BCUT2D eigenvalue weighted by molar-refractivity contribution is 9.10. The zero-order chi connectivity index (χ0) is 15.8. The predicted octanol–water partition coefficient (Wildman–Crippen LogP) is 4.29. The van der Waals surface area contributed by atoms with Crippen LogP contribution < -0.4 is 5.32 Å². The van der Waals surface area contributed by atoms with E-state index in [0.717, 1.165) is 23.5 Å². The fraction of sp³-hybridized carbons (Fsp3) is 0.231. The summed E-state index contributed by atoms with van der Waals surface area (Å²) in [6, 6.07) is 2.25. The first-order chi connectivity index (χ1) is 9.71. The van der Waals surface area contributed by atoms with Crippen LogP contribution in [0.5, 0.6) is 0 Å². The van der Waals surface area contributed by atoms with Crippen molar-refractivity contribution in [1.29, 1.82) is 0 Å². The van der Waals surface area contributed by atoms with Gasteiger partial charge in [-0.3, -0.25) is 4.79 Å². The van der Waals surface area contributed by atoms with Gasteiger partial charge in [-0.2, -0.15) is 0 Å². The molecule has 1 aromatic heterocycles. The van der Waals surface area contributed by atoms with E-state index in [0.29, 0.717) is 5.69 Å². The van der Waals surface area contributed by atoms with Crippen LogP contribution in [-0.2, 0) is 10.2 Å². The molecule has 1 aromatic carbocycles. The molecule has 2 N–H and O–H groups in total. The fourth-order valence-electron chi connectivity index (χ4n) is 1.50. The maximum absolute atomic E-state index is 13.7. The number of benzene rings is 1. The highest BCUT2D eigenvalue weighted by atomic mass is 79.9. The third-order valence-corrected chi connectivity index (χ3v) is 4.13. The minimum atomic E-state index is -1.17. The SMILES string of the molecule is CC(C)(C(=O)O)c1csc(Nc2c(F)cc(Br)cc2F)n1. The smallest absolute Gasteiger partial charge is 0.315 e. The minimum absolute atomic E-state index is 0.222. The third-order valence-electron chi connectivity index (χ3n) is 2.92. The number of nitrogens with one attached hydrogen (secondary N) is 1. The first-order valence-electron chi connectivity index (χ1n) is 5.83. The number of aromatic nitrogens is 1.